The lowest BCUT2D eigenvalue weighted by Crippen LogP contribution is -1.87. The lowest BCUT2D eigenvalue weighted by Gasteiger charge is -2.01. The molecule has 1 aromatic carbocycles. The van der Waals surface area contributed by atoms with Crippen molar-refractivity contribution >= 4 is 26.8 Å². The SMILES string of the molecule is C[C@@H](O)c1c[nH]c2ccc(Br)cc12. The number of hydrogen-bond acceptors (Lipinski definition) is 1. The number of benzene rings is 1. The minimum Gasteiger partial charge on any atom is -0.389 e. The predicted molar refractivity (Wildman–Crippen MR) is 56.6 cm³/mol. The molecule has 0 saturated heterocycles. The van der Waals surface area contributed by atoms with Crippen molar-refractivity contribution in [2.75, 3.05) is 0 Å². The zero-order chi connectivity index (χ0) is 9.42. The molecule has 1 aromatic heterocycles. The minimum atomic E-state index is -0.428. The molecule has 2 aromatic rings. The zero-order valence-corrected chi connectivity index (χ0v) is 8.80. The van der Waals surface area contributed by atoms with Crippen molar-refractivity contribution in [3.05, 3.63) is 34.4 Å². The average Bonchev–Trinajstić information content (AvgIpc) is 2.46. The van der Waals surface area contributed by atoms with Crippen LogP contribution < -0.4 is 0 Å². The Balaban J connectivity index is 2.71. The Morgan fingerprint density at radius 3 is 2.92 bits per heavy atom. The molecular weight excluding hydrogens is 230 g/mol. The zero-order valence-electron chi connectivity index (χ0n) is 7.21. The van der Waals surface area contributed by atoms with Crippen LogP contribution in [0.3, 0.4) is 0 Å². The van der Waals surface area contributed by atoms with Crippen molar-refractivity contribution in [1.82, 2.24) is 4.98 Å². The second-order valence-corrected chi connectivity index (χ2v) is 4.03. The molecule has 68 valence electrons. The molecule has 2 N–H and O–H groups in total. The van der Waals surface area contributed by atoms with E-state index < -0.39 is 6.10 Å². The van der Waals surface area contributed by atoms with E-state index in [0.29, 0.717) is 0 Å². The minimum absolute atomic E-state index is 0.428. The summed E-state index contributed by atoms with van der Waals surface area (Å²) in [7, 11) is 0. The summed E-state index contributed by atoms with van der Waals surface area (Å²) in [6, 6.07) is 5.98. The number of rotatable bonds is 1. The number of aromatic nitrogens is 1. The van der Waals surface area contributed by atoms with E-state index in [1.165, 1.54) is 0 Å². The summed E-state index contributed by atoms with van der Waals surface area (Å²) in [5.74, 6) is 0. The molecule has 0 aliphatic carbocycles. The fraction of sp³-hybridized carbons (Fsp3) is 0.200. The van der Waals surface area contributed by atoms with Crippen LogP contribution in [0.5, 0.6) is 0 Å². The molecular formula is C10H10BrNO. The van der Waals surface area contributed by atoms with Crippen LogP contribution in [-0.2, 0) is 0 Å². The monoisotopic (exact) mass is 239 g/mol. The first kappa shape index (κ1) is 8.78. The van der Waals surface area contributed by atoms with Crippen molar-refractivity contribution in [2.45, 2.75) is 13.0 Å². The van der Waals surface area contributed by atoms with Gasteiger partial charge in [-0.15, -0.1) is 0 Å². The van der Waals surface area contributed by atoms with Gasteiger partial charge in [-0.3, -0.25) is 0 Å². The maximum Gasteiger partial charge on any atom is 0.0782 e. The first-order chi connectivity index (χ1) is 6.18. The number of fused-ring (bicyclic) bond motifs is 1. The van der Waals surface area contributed by atoms with E-state index in [1.807, 2.05) is 24.4 Å². The Hall–Kier alpha value is -0.800. The molecule has 0 radical (unpaired) electrons. The van der Waals surface area contributed by atoms with Crippen LogP contribution in [0, 0.1) is 0 Å². The smallest absolute Gasteiger partial charge is 0.0782 e. The van der Waals surface area contributed by atoms with Gasteiger partial charge in [0, 0.05) is 27.1 Å². The molecule has 2 nitrogen and oxygen atoms in total. The van der Waals surface area contributed by atoms with Crippen molar-refractivity contribution in [3.63, 3.8) is 0 Å². The molecule has 0 spiro atoms. The van der Waals surface area contributed by atoms with Crippen LogP contribution in [0.1, 0.15) is 18.6 Å². The van der Waals surface area contributed by atoms with Crippen LogP contribution in [-0.4, -0.2) is 10.1 Å². The summed E-state index contributed by atoms with van der Waals surface area (Å²) in [5.41, 5.74) is 2.00. The van der Waals surface area contributed by atoms with E-state index >= 15 is 0 Å². The van der Waals surface area contributed by atoms with Gasteiger partial charge >= 0.3 is 0 Å². The molecule has 0 aliphatic heterocycles. The molecule has 13 heavy (non-hydrogen) atoms. The topological polar surface area (TPSA) is 36.0 Å². The van der Waals surface area contributed by atoms with Crippen LogP contribution in [0.25, 0.3) is 10.9 Å². The van der Waals surface area contributed by atoms with Gasteiger partial charge < -0.3 is 10.1 Å². The van der Waals surface area contributed by atoms with Gasteiger partial charge in [0.1, 0.15) is 0 Å². The molecule has 0 amide bonds. The van der Waals surface area contributed by atoms with Gasteiger partial charge in [0.25, 0.3) is 0 Å². The second-order valence-electron chi connectivity index (χ2n) is 3.11. The fourth-order valence-electron chi connectivity index (χ4n) is 1.46. The summed E-state index contributed by atoms with van der Waals surface area (Å²) in [6.45, 7) is 1.77. The fourth-order valence-corrected chi connectivity index (χ4v) is 1.82. The summed E-state index contributed by atoms with van der Waals surface area (Å²) in [4.78, 5) is 3.12. The summed E-state index contributed by atoms with van der Waals surface area (Å²) in [6.07, 6.45) is 1.42. The molecule has 1 heterocycles. The third-order valence-corrected chi connectivity index (χ3v) is 2.62. The summed E-state index contributed by atoms with van der Waals surface area (Å²) in [5, 5.41) is 10.5. The largest absolute Gasteiger partial charge is 0.389 e. The molecule has 0 unspecified atom stereocenters. The Morgan fingerprint density at radius 1 is 1.46 bits per heavy atom. The lowest BCUT2D eigenvalue weighted by molar-refractivity contribution is 0.201. The summed E-state index contributed by atoms with van der Waals surface area (Å²) >= 11 is 3.40. The standard InChI is InChI=1S/C10H10BrNO/c1-6(13)9-5-12-10-3-2-7(11)4-8(9)10/h2-6,12-13H,1H3/t6-/m1/s1. The Labute approximate surface area is 84.7 Å². The van der Waals surface area contributed by atoms with Crippen molar-refractivity contribution in [2.24, 2.45) is 0 Å². The third-order valence-electron chi connectivity index (χ3n) is 2.13. The predicted octanol–water partition coefficient (Wildman–Crippen LogP) is 2.98. The lowest BCUT2D eigenvalue weighted by atomic mass is 10.1. The Morgan fingerprint density at radius 2 is 2.23 bits per heavy atom. The highest BCUT2D eigenvalue weighted by Crippen LogP contribution is 2.26. The van der Waals surface area contributed by atoms with Crippen LogP contribution in [0.15, 0.2) is 28.9 Å². The average molecular weight is 240 g/mol. The van der Waals surface area contributed by atoms with Gasteiger partial charge in [-0.2, -0.15) is 0 Å². The van der Waals surface area contributed by atoms with Gasteiger partial charge in [-0.25, -0.2) is 0 Å². The number of aliphatic hydroxyl groups is 1. The van der Waals surface area contributed by atoms with E-state index in [9.17, 15) is 5.11 Å². The molecule has 0 bridgehead atoms. The Kier molecular flexibility index (Phi) is 2.14. The number of hydrogen-bond donors (Lipinski definition) is 2. The number of H-pyrrole nitrogens is 1. The molecule has 0 saturated carbocycles. The highest BCUT2D eigenvalue weighted by Gasteiger charge is 2.07. The highest BCUT2D eigenvalue weighted by molar-refractivity contribution is 9.10. The molecule has 0 fully saturated rings. The highest BCUT2D eigenvalue weighted by atomic mass is 79.9. The maximum absolute atomic E-state index is 9.47. The van der Waals surface area contributed by atoms with E-state index in [-0.39, 0.29) is 0 Å². The molecule has 1 atom stereocenters. The van der Waals surface area contributed by atoms with Crippen molar-refractivity contribution in [3.8, 4) is 0 Å². The normalized spacial score (nSPS) is 13.5. The maximum atomic E-state index is 9.47. The molecule has 3 heteroatoms. The van der Waals surface area contributed by atoms with Gasteiger partial charge in [0.05, 0.1) is 6.10 Å². The quantitative estimate of drug-likeness (QED) is 0.789. The first-order valence-electron chi connectivity index (χ1n) is 4.13. The van der Waals surface area contributed by atoms with E-state index in [1.54, 1.807) is 6.92 Å². The molecule has 2 rings (SSSR count). The summed E-state index contributed by atoms with van der Waals surface area (Å²) < 4.78 is 1.03. The van der Waals surface area contributed by atoms with Crippen molar-refractivity contribution in [1.29, 1.82) is 0 Å². The van der Waals surface area contributed by atoms with Gasteiger partial charge in [0.15, 0.2) is 0 Å². The van der Waals surface area contributed by atoms with Gasteiger partial charge in [0.2, 0.25) is 0 Å². The van der Waals surface area contributed by atoms with Crippen LogP contribution in [0.4, 0.5) is 0 Å². The first-order valence-corrected chi connectivity index (χ1v) is 4.92. The van der Waals surface area contributed by atoms with Crippen molar-refractivity contribution < 1.29 is 5.11 Å². The van der Waals surface area contributed by atoms with E-state index in [4.69, 9.17) is 0 Å². The third kappa shape index (κ3) is 1.49. The van der Waals surface area contributed by atoms with Gasteiger partial charge in [-0.1, -0.05) is 15.9 Å². The molecule has 0 aliphatic rings. The van der Waals surface area contributed by atoms with Crippen LogP contribution >= 0.6 is 15.9 Å². The van der Waals surface area contributed by atoms with Gasteiger partial charge in [-0.05, 0) is 25.1 Å². The van der Waals surface area contributed by atoms with E-state index in [2.05, 4.69) is 20.9 Å². The number of aliphatic hydroxyl groups excluding tert-OH is 1. The van der Waals surface area contributed by atoms with Crippen LogP contribution in [0.2, 0.25) is 0 Å². The Bertz CT molecular complexity index is 433. The van der Waals surface area contributed by atoms with E-state index in [0.717, 1.165) is 20.9 Å². The number of aromatic amines is 1. The second kappa shape index (κ2) is 3.16. The number of nitrogens with one attached hydrogen (secondary N) is 1. The number of halogens is 1.